The number of ether oxygens (including phenoxy) is 5. The third-order valence-electron chi connectivity index (χ3n) is 6.25. The van der Waals surface area contributed by atoms with Gasteiger partial charge in [0.25, 0.3) is 0 Å². The molecule has 0 bridgehead atoms. The molecule has 2 aliphatic heterocycles. The van der Waals surface area contributed by atoms with Crippen molar-refractivity contribution in [1.82, 2.24) is 9.97 Å². The Balaban J connectivity index is 1.38. The minimum absolute atomic E-state index is 0.108. The van der Waals surface area contributed by atoms with Crippen molar-refractivity contribution >= 4 is 5.95 Å². The van der Waals surface area contributed by atoms with Gasteiger partial charge in [-0.1, -0.05) is 13.0 Å². The molecule has 0 unspecified atom stereocenters. The van der Waals surface area contributed by atoms with E-state index in [1.807, 2.05) is 24.4 Å². The summed E-state index contributed by atoms with van der Waals surface area (Å²) in [6.07, 6.45) is 6.45. The quantitative estimate of drug-likeness (QED) is 0.727. The highest BCUT2D eigenvalue weighted by Crippen LogP contribution is 2.37. The van der Waals surface area contributed by atoms with Crippen LogP contribution in [-0.2, 0) is 9.47 Å². The van der Waals surface area contributed by atoms with E-state index in [0.717, 1.165) is 41.4 Å². The van der Waals surface area contributed by atoms with Gasteiger partial charge in [-0.05, 0) is 49.3 Å². The van der Waals surface area contributed by atoms with E-state index in [1.54, 1.807) is 0 Å². The number of rotatable bonds is 6. The monoisotopic (exact) mass is 441 g/mol. The van der Waals surface area contributed by atoms with Crippen LogP contribution in [0.5, 0.6) is 17.4 Å². The normalized spacial score (nSPS) is 25.2. The zero-order valence-electron chi connectivity index (χ0n) is 18.5. The van der Waals surface area contributed by atoms with Crippen molar-refractivity contribution in [1.29, 1.82) is 0 Å². The van der Waals surface area contributed by atoms with E-state index in [0.29, 0.717) is 57.5 Å². The highest BCUT2D eigenvalue weighted by molar-refractivity contribution is 5.71. The molecule has 1 aliphatic carbocycles. The molecule has 1 N–H and O–H groups in total. The molecule has 8 heteroatoms. The van der Waals surface area contributed by atoms with Crippen LogP contribution < -0.4 is 19.5 Å². The van der Waals surface area contributed by atoms with Gasteiger partial charge in [0.05, 0.1) is 25.4 Å². The molecule has 8 nitrogen and oxygen atoms in total. The maximum atomic E-state index is 6.15. The predicted molar refractivity (Wildman–Crippen MR) is 120 cm³/mol. The van der Waals surface area contributed by atoms with Crippen LogP contribution in [0, 0.1) is 5.92 Å². The van der Waals surface area contributed by atoms with E-state index in [-0.39, 0.29) is 6.10 Å². The summed E-state index contributed by atoms with van der Waals surface area (Å²) in [5.74, 6) is 3.39. The van der Waals surface area contributed by atoms with Crippen molar-refractivity contribution in [3.63, 3.8) is 0 Å². The van der Waals surface area contributed by atoms with Crippen molar-refractivity contribution in [2.24, 2.45) is 5.92 Å². The van der Waals surface area contributed by atoms with Gasteiger partial charge < -0.3 is 29.0 Å². The average Bonchev–Trinajstić information content (AvgIpc) is 2.85. The van der Waals surface area contributed by atoms with Crippen molar-refractivity contribution in [2.45, 2.75) is 44.8 Å². The molecule has 2 fully saturated rings. The number of fused-ring (bicyclic) bond motifs is 1. The van der Waals surface area contributed by atoms with Crippen LogP contribution in [0.25, 0.3) is 11.1 Å². The molecular formula is C24H31N3O5. The van der Waals surface area contributed by atoms with Gasteiger partial charge in [0.2, 0.25) is 11.8 Å². The van der Waals surface area contributed by atoms with Gasteiger partial charge in [-0.3, -0.25) is 0 Å². The molecule has 2 aromatic rings. The molecule has 3 heterocycles. The molecule has 1 saturated carbocycles. The highest BCUT2D eigenvalue weighted by Gasteiger charge is 2.22. The summed E-state index contributed by atoms with van der Waals surface area (Å²) in [6, 6.07) is 6.25. The van der Waals surface area contributed by atoms with E-state index in [9.17, 15) is 0 Å². The molecule has 1 aromatic carbocycles. The summed E-state index contributed by atoms with van der Waals surface area (Å²) in [6.45, 7) is 5.52. The van der Waals surface area contributed by atoms with E-state index < -0.39 is 0 Å². The Labute approximate surface area is 188 Å². The minimum atomic E-state index is -0.108. The van der Waals surface area contributed by atoms with E-state index >= 15 is 0 Å². The number of hydrogen-bond acceptors (Lipinski definition) is 8. The molecule has 5 rings (SSSR count). The van der Waals surface area contributed by atoms with Crippen molar-refractivity contribution in [2.75, 3.05) is 45.0 Å². The summed E-state index contributed by atoms with van der Waals surface area (Å²) in [4.78, 5) is 9.35. The molecule has 1 saturated heterocycles. The third-order valence-corrected chi connectivity index (χ3v) is 6.25. The lowest BCUT2D eigenvalue weighted by atomic mass is 9.87. The molecule has 1 aromatic heterocycles. The van der Waals surface area contributed by atoms with Crippen LogP contribution in [-0.4, -0.2) is 61.8 Å². The van der Waals surface area contributed by atoms with Crippen molar-refractivity contribution in [3.05, 3.63) is 24.4 Å². The SMILES string of the molecule is CC1CCC(Nc2ncc(-c3ccc4c(c3)OCCO4)c(OC[C@H]3COCCO3)n2)CC1. The molecule has 0 radical (unpaired) electrons. The number of benzene rings is 1. The Hall–Kier alpha value is -2.58. The fraction of sp³-hybridized carbons (Fsp3) is 0.583. The van der Waals surface area contributed by atoms with Crippen LogP contribution in [0.1, 0.15) is 32.6 Å². The van der Waals surface area contributed by atoms with Crippen LogP contribution in [0.4, 0.5) is 5.95 Å². The van der Waals surface area contributed by atoms with E-state index in [2.05, 4.69) is 17.2 Å². The fourth-order valence-electron chi connectivity index (χ4n) is 4.35. The van der Waals surface area contributed by atoms with Gasteiger partial charge in [0.15, 0.2) is 11.5 Å². The molecule has 0 spiro atoms. The Morgan fingerprint density at radius 2 is 1.88 bits per heavy atom. The predicted octanol–water partition coefficient (Wildman–Crippen LogP) is 3.70. The maximum absolute atomic E-state index is 6.15. The maximum Gasteiger partial charge on any atom is 0.226 e. The first-order chi connectivity index (χ1) is 15.7. The standard InChI is InChI=1S/C24H31N3O5/c1-16-2-5-18(6-3-16)26-24-25-13-20(17-4-7-21-22(12-17)31-11-10-30-21)23(27-24)32-15-19-14-28-8-9-29-19/h4,7,12-13,16,18-19H,2-3,5-6,8-11,14-15H2,1H3,(H,25,26,27)/t16?,18?,19-/m1/s1. The van der Waals surface area contributed by atoms with Gasteiger partial charge in [0, 0.05) is 12.2 Å². The summed E-state index contributed by atoms with van der Waals surface area (Å²) in [7, 11) is 0. The largest absolute Gasteiger partial charge is 0.486 e. The number of anilines is 1. The second kappa shape index (κ2) is 9.92. The van der Waals surface area contributed by atoms with Crippen molar-refractivity contribution < 1.29 is 23.7 Å². The van der Waals surface area contributed by atoms with Gasteiger partial charge >= 0.3 is 0 Å². The summed E-state index contributed by atoms with van der Waals surface area (Å²) in [5, 5.41) is 3.51. The molecule has 3 aliphatic rings. The number of aromatic nitrogens is 2. The first kappa shape index (κ1) is 21.3. The first-order valence-corrected chi connectivity index (χ1v) is 11.6. The smallest absolute Gasteiger partial charge is 0.226 e. The minimum Gasteiger partial charge on any atom is -0.486 e. The fourth-order valence-corrected chi connectivity index (χ4v) is 4.35. The Morgan fingerprint density at radius 3 is 2.69 bits per heavy atom. The molecule has 172 valence electrons. The third kappa shape index (κ3) is 5.07. The zero-order chi connectivity index (χ0) is 21.8. The number of hydrogen-bond donors (Lipinski definition) is 1. The van der Waals surface area contributed by atoms with Gasteiger partial charge in [-0.2, -0.15) is 4.98 Å². The van der Waals surface area contributed by atoms with Crippen LogP contribution in [0.3, 0.4) is 0 Å². The van der Waals surface area contributed by atoms with E-state index in [4.69, 9.17) is 28.7 Å². The topological polar surface area (TPSA) is 84.0 Å². The summed E-state index contributed by atoms with van der Waals surface area (Å²) in [5.41, 5.74) is 1.73. The van der Waals surface area contributed by atoms with Crippen LogP contribution in [0.2, 0.25) is 0 Å². The lowest BCUT2D eigenvalue weighted by Crippen LogP contribution is -2.33. The van der Waals surface area contributed by atoms with Crippen LogP contribution in [0.15, 0.2) is 24.4 Å². The Kier molecular flexibility index (Phi) is 6.59. The van der Waals surface area contributed by atoms with E-state index in [1.165, 1.54) is 12.8 Å². The summed E-state index contributed by atoms with van der Waals surface area (Å²) < 4.78 is 28.8. The van der Waals surface area contributed by atoms with Gasteiger partial charge in [0.1, 0.15) is 25.9 Å². The average molecular weight is 442 g/mol. The van der Waals surface area contributed by atoms with Gasteiger partial charge in [-0.25, -0.2) is 4.98 Å². The number of nitrogens with one attached hydrogen (secondary N) is 1. The Bertz CT molecular complexity index is 911. The second-order valence-electron chi connectivity index (χ2n) is 8.75. The summed E-state index contributed by atoms with van der Waals surface area (Å²) >= 11 is 0. The van der Waals surface area contributed by atoms with Crippen LogP contribution >= 0.6 is 0 Å². The molecule has 32 heavy (non-hydrogen) atoms. The molecular weight excluding hydrogens is 410 g/mol. The molecule has 1 atom stereocenters. The van der Waals surface area contributed by atoms with Gasteiger partial charge in [-0.15, -0.1) is 0 Å². The highest BCUT2D eigenvalue weighted by atomic mass is 16.6. The second-order valence-corrected chi connectivity index (χ2v) is 8.75. The number of nitrogens with zero attached hydrogens (tertiary/aromatic N) is 2. The zero-order valence-corrected chi connectivity index (χ0v) is 18.5. The lowest BCUT2D eigenvalue weighted by Gasteiger charge is -2.27. The van der Waals surface area contributed by atoms with Crippen molar-refractivity contribution in [3.8, 4) is 28.5 Å². The lowest BCUT2D eigenvalue weighted by molar-refractivity contribution is -0.101. The Morgan fingerprint density at radius 1 is 1.03 bits per heavy atom. The molecule has 0 amide bonds. The first-order valence-electron chi connectivity index (χ1n) is 11.6.